The minimum atomic E-state index is 0.359. The van der Waals surface area contributed by atoms with E-state index in [1.807, 2.05) is 30.8 Å². The zero-order chi connectivity index (χ0) is 15.0. The molecule has 0 atom stereocenters. The first-order chi connectivity index (χ1) is 10.1. The van der Waals surface area contributed by atoms with Gasteiger partial charge in [-0.05, 0) is 12.5 Å². The van der Waals surface area contributed by atoms with Gasteiger partial charge in [-0.2, -0.15) is 5.10 Å². The normalized spacial score (nSPS) is 11.2. The highest BCUT2D eigenvalue weighted by Crippen LogP contribution is 2.21. The minimum absolute atomic E-state index is 0.359. The van der Waals surface area contributed by atoms with Gasteiger partial charge in [0.2, 0.25) is 5.88 Å². The van der Waals surface area contributed by atoms with E-state index in [4.69, 9.17) is 16.3 Å². The molecule has 0 radical (unpaired) electrons. The Kier molecular flexibility index (Phi) is 3.55. The highest BCUT2D eigenvalue weighted by molar-refractivity contribution is 6.16. The molecular weight excluding hydrogens is 290 g/mol. The third-order valence-corrected chi connectivity index (χ3v) is 3.68. The number of hydrogen-bond donors (Lipinski definition) is 0. The van der Waals surface area contributed by atoms with E-state index in [0.717, 1.165) is 28.2 Å². The summed E-state index contributed by atoms with van der Waals surface area (Å²) in [6, 6.07) is 3.83. The lowest BCUT2D eigenvalue weighted by atomic mass is 10.3. The fourth-order valence-electron chi connectivity index (χ4n) is 2.46. The molecule has 7 heteroatoms. The number of rotatable bonds is 4. The lowest BCUT2D eigenvalue weighted by Gasteiger charge is -2.08. The maximum atomic E-state index is 6.03. The van der Waals surface area contributed by atoms with Gasteiger partial charge in [0.05, 0.1) is 25.2 Å². The summed E-state index contributed by atoms with van der Waals surface area (Å²) in [4.78, 5) is 8.81. The molecular formula is C14H16ClN5O. The fraction of sp³-hybridized carbons (Fsp3) is 0.357. The molecule has 0 aliphatic carbocycles. The van der Waals surface area contributed by atoms with E-state index < -0.39 is 0 Å². The van der Waals surface area contributed by atoms with E-state index in [9.17, 15) is 0 Å². The second kappa shape index (κ2) is 5.37. The van der Waals surface area contributed by atoms with Crippen LogP contribution in [0, 0.1) is 6.92 Å². The number of ether oxygens (including phenoxy) is 1. The van der Waals surface area contributed by atoms with Gasteiger partial charge in [0.15, 0.2) is 5.65 Å². The lowest BCUT2D eigenvalue weighted by molar-refractivity contribution is 0.397. The number of hydrogen-bond acceptors (Lipinski definition) is 4. The molecule has 3 aromatic rings. The Hall–Kier alpha value is -2.08. The van der Waals surface area contributed by atoms with Gasteiger partial charge >= 0.3 is 0 Å². The van der Waals surface area contributed by atoms with Crippen LogP contribution in [0.3, 0.4) is 0 Å². The predicted molar refractivity (Wildman–Crippen MR) is 80.7 cm³/mol. The molecule has 0 fully saturated rings. The standard InChI is InChI=1S/C14H16ClN5O/c1-9-13-14(19(2)18-9)20(11(6-15)17-13)8-10-4-5-12(21-3)16-7-10/h4-5,7H,6,8H2,1-3H3. The summed E-state index contributed by atoms with van der Waals surface area (Å²) in [5.74, 6) is 1.79. The van der Waals surface area contributed by atoms with E-state index in [-0.39, 0.29) is 0 Å². The van der Waals surface area contributed by atoms with E-state index in [1.165, 1.54) is 0 Å². The first kappa shape index (κ1) is 13.9. The zero-order valence-electron chi connectivity index (χ0n) is 12.2. The van der Waals surface area contributed by atoms with Gasteiger partial charge in [0, 0.05) is 19.3 Å². The zero-order valence-corrected chi connectivity index (χ0v) is 12.9. The van der Waals surface area contributed by atoms with Crippen LogP contribution in [0.25, 0.3) is 11.2 Å². The molecule has 3 aromatic heterocycles. The molecule has 21 heavy (non-hydrogen) atoms. The Bertz CT molecular complexity index is 775. The Morgan fingerprint density at radius 2 is 2.14 bits per heavy atom. The Morgan fingerprint density at radius 1 is 1.33 bits per heavy atom. The largest absolute Gasteiger partial charge is 0.481 e. The Morgan fingerprint density at radius 3 is 2.76 bits per heavy atom. The third-order valence-electron chi connectivity index (χ3n) is 3.44. The number of pyridine rings is 1. The maximum Gasteiger partial charge on any atom is 0.212 e. The molecule has 3 rings (SSSR count). The molecule has 6 nitrogen and oxygen atoms in total. The average Bonchev–Trinajstić information content (AvgIpc) is 2.99. The molecule has 110 valence electrons. The average molecular weight is 306 g/mol. The smallest absolute Gasteiger partial charge is 0.212 e. The fourth-order valence-corrected chi connectivity index (χ4v) is 2.66. The van der Waals surface area contributed by atoms with Gasteiger partial charge in [-0.3, -0.25) is 4.68 Å². The first-order valence-electron chi connectivity index (χ1n) is 6.57. The van der Waals surface area contributed by atoms with Crippen molar-refractivity contribution in [3.63, 3.8) is 0 Å². The van der Waals surface area contributed by atoms with E-state index in [0.29, 0.717) is 18.3 Å². The van der Waals surface area contributed by atoms with Crippen molar-refractivity contribution in [3.8, 4) is 5.88 Å². The molecule has 0 saturated carbocycles. The van der Waals surface area contributed by atoms with Crippen molar-refractivity contribution >= 4 is 22.8 Å². The summed E-state index contributed by atoms with van der Waals surface area (Å²) in [7, 11) is 3.52. The number of aryl methyl sites for hydroxylation is 2. The summed E-state index contributed by atoms with van der Waals surface area (Å²) in [5, 5.41) is 4.41. The van der Waals surface area contributed by atoms with Gasteiger partial charge in [0.25, 0.3) is 0 Å². The van der Waals surface area contributed by atoms with Crippen LogP contribution < -0.4 is 4.74 Å². The summed E-state index contributed by atoms with van der Waals surface area (Å²) >= 11 is 6.03. The van der Waals surface area contributed by atoms with Crippen molar-refractivity contribution in [1.82, 2.24) is 24.3 Å². The quantitative estimate of drug-likeness (QED) is 0.694. The van der Waals surface area contributed by atoms with Crippen LogP contribution in [-0.2, 0) is 19.5 Å². The molecule has 0 N–H and O–H groups in total. The number of aromatic nitrogens is 5. The molecule has 0 aliphatic rings. The van der Waals surface area contributed by atoms with Crippen LogP contribution >= 0.6 is 11.6 Å². The van der Waals surface area contributed by atoms with Crippen molar-refractivity contribution < 1.29 is 4.74 Å². The second-order valence-corrected chi connectivity index (χ2v) is 5.11. The van der Waals surface area contributed by atoms with E-state index in [2.05, 4.69) is 19.6 Å². The molecule has 3 heterocycles. The van der Waals surface area contributed by atoms with Crippen molar-refractivity contribution in [1.29, 1.82) is 0 Å². The SMILES string of the molecule is COc1ccc(Cn2c(CCl)nc3c(C)nn(C)c32)cn1. The Balaban J connectivity index is 2.05. The van der Waals surface area contributed by atoms with Gasteiger partial charge in [-0.1, -0.05) is 6.07 Å². The Labute approximate surface area is 127 Å². The number of methoxy groups -OCH3 is 1. The third kappa shape index (κ3) is 2.35. The molecule has 0 unspecified atom stereocenters. The van der Waals surface area contributed by atoms with Crippen molar-refractivity contribution in [2.24, 2.45) is 7.05 Å². The maximum absolute atomic E-state index is 6.03. The monoisotopic (exact) mass is 305 g/mol. The van der Waals surface area contributed by atoms with Crippen LogP contribution in [-0.4, -0.2) is 31.4 Å². The molecule has 0 saturated heterocycles. The molecule has 0 aliphatic heterocycles. The van der Waals surface area contributed by atoms with Gasteiger partial charge in [0.1, 0.15) is 11.3 Å². The van der Waals surface area contributed by atoms with Crippen molar-refractivity contribution in [3.05, 3.63) is 35.4 Å². The number of fused-ring (bicyclic) bond motifs is 1. The molecule has 0 bridgehead atoms. The minimum Gasteiger partial charge on any atom is -0.481 e. The second-order valence-electron chi connectivity index (χ2n) is 4.84. The highest BCUT2D eigenvalue weighted by atomic mass is 35.5. The molecule has 0 aromatic carbocycles. The lowest BCUT2D eigenvalue weighted by Crippen LogP contribution is -2.08. The number of halogens is 1. The van der Waals surface area contributed by atoms with Crippen LogP contribution in [0.1, 0.15) is 17.1 Å². The number of imidazole rings is 1. The van der Waals surface area contributed by atoms with Gasteiger partial charge < -0.3 is 9.30 Å². The van der Waals surface area contributed by atoms with Gasteiger partial charge in [-0.15, -0.1) is 11.6 Å². The molecule has 0 spiro atoms. The summed E-state index contributed by atoms with van der Waals surface area (Å²) < 4.78 is 8.99. The van der Waals surface area contributed by atoms with E-state index in [1.54, 1.807) is 13.3 Å². The van der Waals surface area contributed by atoms with Crippen LogP contribution in [0.15, 0.2) is 18.3 Å². The van der Waals surface area contributed by atoms with Gasteiger partial charge in [-0.25, -0.2) is 9.97 Å². The molecule has 0 amide bonds. The van der Waals surface area contributed by atoms with Crippen LogP contribution in [0.2, 0.25) is 0 Å². The van der Waals surface area contributed by atoms with Crippen LogP contribution in [0.4, 0.5) is 0 Å². The van der Waals surface area contributed by atoms with E-state index >= 15 is 0 Å². The topological polar surface area (TPSA) is 57.8 Å². The summed E-state index contributed by atoms with van der Waals surface area (Å²) in [6.45, 7) is 2.60. The highest BCUT2D eigenvalue weighted by Gasteiger charge is 2.17. The number of alkyl halides is 1. The van der Waals surface area contributed by atoms with Crippen molar-refractivity contribution in [2.75, 3.05) is 7.11 Å². The number of nitrogens with zero attached hydrogens (tertiary/aromatic N) is 5. The predicted octanol–water partition coefficient (Wildman–Crippen LogP) is 2.27. The van der Waals surface area contributed by atoms with Crippen LogP contribution in [0.5, 0.6) is 5.88 Å². The summed E-state index contributed by atoms with van der Waals surface area (Å²) in [6.07, 6.45) is 1.80. The first-order valence-corrected chi connectivity index (χ1v) is 7.11. The van der Waals surface area contributed by atoms with Crippen molar-refractivity contribution in [2.45, 2.75) is 19.3 Å². The summed E-state index contributed by atoms with van der Waals surface area (Å²) in [5.41, 5.74) is 3.83.